The molecule has 0 spiro atoms. The summed E-state index contributed by atoms with van der Waals surface area (Å²) in [6.07, 6.45) is 0.512. The molecule has 12 heteroatoms. The molecule has 3 aromatic heterocycles. The molecular weight excluding hydrogens is 513 g/mol. The number of phenols is 1. The number of nitrogens with zero attached hydrogens (tertiary/aromatic N) is 3. The van der Waals surface area contributed by atoms with Crippen LogP contribution in [-0.2, 0) is 11.3 Å². The molecule has 0 aliphatic carbocycles. The van der Waals surface area contributed by atoms with Crippen molar-refractivity contribution in [1.82, 2.24) is 14.9 Å². The lowest BCUT2D eigenvalue weighted by Crippen LogP contribution is -2.28. The molecule has 36 heavy (non-hydrogen) atoms. The first-order valence-electron chi connectivity index (χ1n) is 11.1. The Hall–Kier alpha value is -3.22. The molecular formula is C24H23F3N4O3S2. The maximum Gasteiger partial charge on any atom is 0.490 e. The zero-order valence-electron chi connectivity index (χ0n) is 19.0. The highest BCUT2D eigenvalue weighted by molar-refractivity contribution is 7.26. The highest BCUT2D eigenvalue weighted by atomic mass is 32.1. The van der Waals surface area contributed by atoms with Gasteiger partial charge in [-0.15, -0.1) is 22.7 Å². The number of fused-ring (bicyclic) bond motifs is 1. The van der Waals surface area contributed by atoms with Gasteiger partial charge >= 0.3 is 12.1 Å². The lowest BCUT2D eigenvalue weighted by Gasteiger charge is -2.25. The van der Waals surface area contributed by atoms with Crippen LogP contribution in [0.15, 0.2) is 48.8 Å². The molecule has 0 radical (unpaired) electrons. The van der Waals surface area contributed by atoms with E-state index >= 15 is 0 Å². The lowest BCUT2D eigenvalue weighted by molar-refractivity contribution is -0.192. The van der Waals surface area contributed by atoms with Crippen molar-refractivity contribution in [2.75, 3.05) is 18.4 Å². The van der Waals surface area contributed by atoms with Gasteiger partial charge in [0.25, 0.3) is 0 Å². The van der Waals surface area contributed by atoms with Crippen molar-refractivity contribution in [3.05, 3.63) is 53.7 Å². The number of halogens is 3. The third-order valence-electron chi connectivity index (χ3n) is 5.40. The van der Waals surface area contributed by atoms with Crippen LogP contribution in [0.3, 0.4) is 0 Å². The van der Waals surface area contributed by atoms with Gasteiger partial charge in [0.2, 0.25) is 0 Å². The SMILES string of the molecule is O=C(O)C(F)(F)F.Oc1cccc(Nc2ncnc3cc(-c4ccc(CN5CCCCC5)s4)sc23)c1. The van der Waals surface area contributed by atoms with E-state index in [2.05, 4.69) is 38.4 Å². The smallest absolute Gasteiger partial charge is 0.490 e. The summed E-state index contributed by atoms with van der Waals surface area (Å²) in [4.78, 5) is 24.3. The van der Waals surface area contributed by atoms with E-state index < -0.39 is 12.1 Å². The van der Waals surface area contributed by atoms with E-state index in [-0.39, 0.29) is 5.75 Å². The van der Waals surface area contributed by atoms with Crippen molar-refractivity contribution < 1.29 is 28.2 Å². The summed E-state index contributed by atoms with van der Waals surface area (Å²) >= 11 is 3.58. The summed E-state index contributed by atoms with van der Waals surface area (Å²) in [6, 6.07) is 13.7. The van der Waals surface area contributed by atoms with Gasteiger partial charge in [0.1, 0.15) is 12.1 Å². The Bertz CT molecular complexity index is 1330. The second kappa shape index (κ2) is 11.2. The van der Waals surface area contributed by atoms with Gasteiger partial charge in [-0.25, -0.2) is 14.8 Å². The fourth-order valence-corrected chi connectivity index (χ4v) is 5.91. The number of aromatic hydroxyl groups is 1. The summed E-state index contributed by atoms with van der Waals surface area (Å²) in [7, 11) is 0. The van der Waals surface area contributed by atoms with Crippen molar-refractivity contribution in [2.45, 2.75) is 32.0 Å². The molecule has 1 fully saturated rings. The number of carboxylic acid groups (broad SMARTS) is 1. The molecule has 0 unspecified atom stereocenters. The second-order valence-electron chi connectivity index (χ2n) is 8.13. The molecule has 3 N–H and O–H groups in total. The van der Waals surface area contributed by atoms with Crippen molar-refractivity contribution in [2.24, 2.45) is 0 Å². The topological polar surface area (TPSA) is 98.6 Å². The van der Waals surface area contributed by atoms with Crippen LogP contribution in [0.5, 0.6) is 5.75 Å². The van der Waals surface area contributed by atoms with Gasteiger partial charge in [-0.2, -0.15) is 13.2 Å². The molecule has 1 aliphatic rings. The van der Waals surface area contributed by atoms with Crippen LogP contribution in [0.1, 0.15) is 24.1 Å². The Kier molecular flexibility index (Phi) is 8.07. The van der Waals surface area contributed by atoms with Crippen molar-refractivity contribution in [3.8, 4) is 15.5 Å². The van der Waals surface area contributed by atoms with Gasteiger partial charge < -0.3 is 15.5 Å². The third-order valence-corrected chi connectivity index (χ3v) is 7.79. The van der Waals surface area contributed by atoms with Crippen LogP contribution in [0.4, 0.5) is 24.7 Å². The largest absolute Gasteiger partial charge is 0.508 e. The quantitative estimate of drug-likeness (QED) is 0.268. The number of piperidine rings is 1. The molecule has 0 saturated carbocycles. The Balaban J connectivity index is 0.000000384. The number of thiophene rings is 2. The molecule has 1 saturated heterocycles. The van der Waals surface area contributed by atoms with E-state index in [9.17, 15) is 18.3 Å². The van der Waals surface area contributed by atoms with Crippen LogP contribution in [0.25, 0.3) is 20.0 Å². The number of carboxylic acids is 1. The maximum absolute atomic E-state index is 10.6. The summed E-state index contributed by atoms with van der Waals surface area (Å²) in [6.45, 7) is 3.49. The number of anilines is 2. The first-order valence-corrected chi connectivity index (χ1v) is 12.7. The monoisotopic (exact) mass is 536 g/mol. The number of nitrogens with one attached hydrogen (secondary N) is 1. The molecule has 7 nitrogen and oxygen atoms in total. The fraction of sp³-hybridized carbons (Fsp3) is 0.292. The number of rotatable bonds is 5. The van der Waals surface area contributed by atoms with Crippen molar-refractivity contribution in [1.29, 1.82) is 0 Å². The highest BCUT2D eigenvalue weighted by Gasteiger charge is 2.38. The van der Waals surface area contributed by atoms with Gasteiger partial charge in [-0.3, -0.25) is 4.90 Å². The van der Waals surface area contributed by atoms with Crippen LogP contribution >= 0.6 is 22.7 Å². The molecule has 0 atom stereocenters. The molecule has 0 bridgehead atoms. The lowest BCUT2D eigenvalue weighted by atomic mass is 10.1. The first kappa shape index (κ1) is 25.9. The van der Waals surface area contributed by atoms with Crippen molar-refractivity contribution >= 4 is 50.4 Å². The van der Waals surface area contributed by atoms with Gasteiger partial charge in [0.05, 0.1) is 10.2 Å². The Morgan fingerprint density at radius 3 is 2.47 bits per heavy atom. The Morgan fingerprint density at radius 1 is 1.03 bits per heavy atom. The Morgan fingerprint density at radius 2 is 1.78 bits per heavy atom. The summed E-state index contributed by atoms with van der Waals surface area (Å²) in [5.41, 5.74) is 1.74. The van der Waals surface area contributed by atoms with E-state index in [0.29, 0.717) is 0 Å². The fourth-order valence-electron chi connectivity index (χ4n) is 3.72. The second-order valence-corrected chi connectivity index (χ2v) is 10.3. The van der Waals surface area contributed by atoms with E-state index in [0.717, 1.165) is 28.3 Å². The molecule has 4 aromatic rings. The molecule has 0 amide bonds. The van der Waals surface area contributed by atoms with E-state index in [4.69, 9.17) is 9.90 Å². The Labute approximate surface area is 212 Å². The van der Waals surface area contributed by atoms with Gasteiger partial charge in [0.15, 0.2) is 5.82 Å². The zero-order chi connectivity index (χ0) is 25.7. The van der Waals surface area contributed by atoms with Gasteiger partial charge in [-0.1, -0.05) is 12.5 Å². The predicted molar refractivity (Wildman–Crippen MR) is 135 cm³/mol. The number of alkyl halides is 3. The van der Waals surface area contributed by atoms with Crippen molar-refractivity contribution in [3.63, 3.8) is 0 Å². The first-order chi connectivity index (χ1) is 17.2. The maximum atomic E-state index is 10.6. The van der Waals surface area contributed by atoms with E-state index in [1.807, 2.05) is 23.5 Å². The molecule has 5 rings (SSSR count). The summed E-state index contributed by atoms with van der Waals surface area (Å²) in [5.74, 6) is -1.76. The number of phenolic OH excluding ortho intramolecular Hbond substituents is 1. The third kappa shape index (κ3) is 6.71. The highest BCUT2D eigenvalue weighted by Crippen LogP contribution is 2.39. The molecule has 1 aromatic carbocycles. The van der Waals surface area contributed by atoms with Crippen LogP contribution in [0.2, 0.25) is 0 Å². The number of aliphatic carboxylic acids is 1. The summed E-state index contributed by atoms with van der Waals surface area (Å²) < 4.78 is 32.8. The molecule has 1 aliphatic heterocycles. The minimum Gasteiger partial charge on any atom is -0.508 e. The van der Waals surface area contributed by atoms with Crippen LogP contribution in [-0.4, -0.2) is 50.3 Å². The minimum absolute atomic E-state index is 0.229. The number of aromatic nitrogens is 2. The molecule has 190 valence electrons. The number of likely N-dealkylation sites (tertiary alicyclic amines) is 1. The van der Waals surface area contributed by atoms with E-state index in [1.165, 1.54) is 47.0 Å². The average molecular weight is 537 g/mol. The normalized spacial score (nSPS) is 14.3. The minimum atomic E-state index is -5.08. The number of carbonyl (C=O) groups is 1. The number of hydrogen-bond donors (Lipinski definition) is 3. The van der Waals surface area contributed by atoms with Gasteiger partial charge in [-0.05, 0) is 56.3 Å². The van der Waals surface area contributed by atoms with Crippen LogP contribution < -0.4 is 5.32 Å². The predicted octanol–water partition coefficient (Wildman–Crippen LogP) is 6.49. The molecule has 4 heterocycles. The van der Waals surface area contributed by atoms with Gasteiger partial charge in [0, 0.05) is 32.9 Å². The van der Waals surface area contributed by atoms with Crippen LogP contribution in [0, 0.1) is 0 Å². The summed E-state index contributed by atoms with van der Waals surface area (Å²) in [5, 5.41) is 20.1. The number of benzene rings is 1. The average Bonchev–Trinajstić information content (AvgIpc) is 3.47. The zero-order valence-corrected chi connectivity index (χ0v) is 20.6. The van der Waals surface area contributed by atoms with E-state index in [1.54, 1.807) is 29.8 Å². The number of hydrogen-bond acceptors (Lipinski definition) is 8. The standard InChI is InChI=1S/C22H22N4OS2.C2HF3O2/c27-16-6-4-5-15(11-16)25-22-21-18(23-14-24-22)12-20(29-21)19-8-7-17(28-19)13-26-9-2-1-3-10-26;3-2(4,5)1(6)7/h4-8,11-12,14,27H,1-3,9-10,13H2,(H,23,24,25);(H,6,7).